The van der Waals surface area contributed by atoms with E-state index >= 15 is 0 Å². The molecule has 0 bridgehead atoms. The van der Waals surface area contributed by atoms with E-state index in [1.54, 1.807) is 0 Å². The second-order valence-electron chi connectivity index (χ2n) is 4.58. The van der Waals surface area contributed by atoms with Gasteiger partial charge in [-0.25, -0.2) is 0 Å². The highest BCUT2D eigenvalue weighted by molar-refractivity contribution is 5.27. The average Bonchev–Trinajstić information content (AvgIpc) is 2.32. The molecule has 1 aliphatic rings. The summed E-state index contributed by atoms with van der Waals surface area (Å²) >= 11 is 0. The summed E-state index contributed by atoms with van der Waals surface area (Å²) < 4.78 is 43.0. The Morgan fingerprint density at radius 1 is 1.06 bits per heavy atom. The van der Waals surface area contributed by atoms with Crippen LogP contribution in [0.3, 0.4) is 0 Å². The third kappa shape index (κ3) is 3.28. The van der Waals surface area contributed by atoms with Gasteiger partial charge in [0.2, 0.25) is 0 Å². The van der Waals surface area contributed by atoms with Gasteiger partial charge in [-0.2, -0.15) is 13.2 Å². The van der Waals surface area contributed by atoms with E-state index in [0.717, 1.165) is 5.56 Å². The number of benzene rings is 1. The first-order valence-electron chi connectivity index (χ1n) is 5.93. The molecule has 2 atom stereocenters. The summed E-state index contributed by atoms with van der Waals surface area (Å²) in [5, 5.41) is 0. The van der Waals surface area contributed by atoms with E-state index in [1.807, 2.05) is 31.2 Å². The van der Waals surface area contributed by atoms with E-state index in [9.17, 15) is 13.2 Å². The first-order valence-corrected chi connectivity index (χ1v) is 5.93. The van der Waals surface area contributed by atoms with Gasteiger partial charge >= 0.3 is 6.18 Å². The summed E-state index contributed by atoms with van der Waals surface area (Å²) in [4.78, 5) is 0. The molecule has 0 saturated carbocycles. The smallest absolute Gasteiger partial charge is 0.395 e. The van der Waals surface area contributed by atoms with Crippen LogP contribution < -0.4 is 4.74 Å². The van der Waals surface area contributed by atoms with E-state index in [-0.39, 0.29) is 12.5 Å². The average molecular weight is 256 g/mol. The molecule has 0 spiro atoms. The lowest BCUT2D eigenvalue weighted by Gasteiger charge is -2.25. The molecule has 4 heteroatoms. The molecule has 1 aromatic carbocycles. The van der Waals surface area contributed by atoms with Gasteiger partial charge in [-0.3, -0.25) is 0 Å². The minimum atomic E-state index is -4.13. The summed E-state index contributed by atoms with van der Waals surface area (Å²) in [5.41, 5.74) is 1.12. The molecule has 1 aromatic rings. The van der Waals surface area contributed by atoms with Crippen LogP contribution >= 0.6 is 0 Å². The quantitative estimate of drug-likeness (QED) is 0.718. The monoisotopic (exact) mass is 256 g/mol. The van der Waals surface area contributed by atoms with Gasteiger partial charge < -0.3 is 4.74 Å². The maximum absolute atomic E-state index is 12.4. The van der Waals surface area contributed by atoms with Crippen LogP contribution in [0.4, 0.5) is 13.2 Å². The summed E-state index contributed by atoms with van der Waals surface area (Å²) in [7, 11) is 0. The largest absolute Gasteiger partial charge is 0.486 e. The molecule has 18 heavy (non-hydrogen) atoms. The van der Waals surface area contributed by atoms with Gasteiger partial charge in [0.15, 0.2) is 0 Å². The fraction of sp³-hybridized carbons (Fsp3) is 0.429. The molecule has 0 aliphatic heterocycles. The second-order valence-corrected chi connectivity index (χ2v) is 4.58. The second kappa shape index (κ2) is 5.04. The van der Waals surface area contributed by atoms with Crippen LogP contribution in [0.25, 0.3) is 0 Å². The molecule has 0 heterocycles. The molecule has 98 valence electrons. The van der Waals surface area contributed by atoms with Gasteiger partial charge in [-0.15, -0.1) is 0 Å². The summed E-state index contributed by atoms with van der Waals surface area (Å²) in [5.74, 6) is -0.629. The third-order valence-corrected chi connectivity index (χ3v) is 3.05. The van der Waals surface area contributed by atoms with E-state index in [1.165, 1.54) is 12.2 Å². The Labute approximate surface area is 104 Å². The van der Waals surface area contributed by atoms with Gasteiger partial charge in [-0.05, 0) is 38.0 Å². The minimum Gasteiger partial charge on any atom is -0.486 e. The summed E-state index contributed by atoms with van der Waals surface area (Å²) in [6.07, 6.45) is -1.17. The van der Waals surface area contributed by atoms with Crippen molar-refractivity contribution in [1.82, 2.24) is 0 Å². The van der Waals surface area contributed by atoms with Crippen molar-refractivity contribution in [3.05, 3.63) is 42.0 Å². The number of aryl methyl sites for hydroxylation is 1. The van der Waals surface area contributed by atoms with Crippen LogP contribution in [0.15, 0.2) is 36.4 Å². The Balaban J connectivity index is 1.95. The summed E-state index contributed by atoms with van der Waals surface area (Å²) in [6.45, 7) is 1.97. The normalized spacial score (nSPS) is 24.0. The first kappa shape index (κ1) is 13.0. The number of hydrogen-bond donors (Lipinski definition) is 0. The highest BCUT2D eigenvalue weighted by Gasteiger charge is 2.39. The molecule has 1 aliphatic carbocycles. The van der Waals surface area contributed by atoms with E-state index in [4.69, 9.17) is 4.74 Å². The number of ether oxygens (including phenoxy) is 1. The zero-order chi connectivity index (χ0) is 13.2. The molecule has 1 nitrogen and oxygen atoms in total. The molecule has 0 N–H and O–H groups in total. The van der Waals surface area contributed by atoms with Gasteiger partial charge in [-0.1, -0.05) is 23.8 Å². The predicted molar refractivity (Wildman–Crippen MR) is 63.5 cm³/mol. The fourth-order valence-electron chi connectivity index (χ4n) is 1.96. The number of hydrogen-bond acceptors (Lipinski definition) is 1. The van der Waals surface area contributed by atoms with E-state index in [2.05, 4.69) is 0 Å². The predicted octanol–water partition coefficient (Wildman–Crippen LogP) is 4.27. The highest BCUT2D eigenvalue weighted by atomic mass is 19.4. The molecule has 0 aromatic heterocycles. The highest BCUT2D eigenvalue weighted by Crippen LogP contribution is 2.34. The van der Waals surface area contributed by atoms with Crippen LogP contribution in [-0.4, -0.2) is 12.3 Å². The molecule has 0 fully saturated rings. The minimum absolute atomic E-state index is 0.0938. The Morgan fingerprint density at radius 2 is 1.72 bits per heavy atom. The zero-order valence-corrected chi connectivity index (χ0v) is 10.1. The first-order chi connectivity index (χ1) is 8.45. The van der Waals surface area contributed by atoms with Crippen molar-refractivity contribution in [2.24, 2.45) is 5.92 Å². The van der Waals surface area contributed by atoms with Crippen molar-refractivity contribution < 1.29 is 17.9 Å². The van der Waals surface area contributed by atoms with Crippen molar-refractivity contribution in [1.29, 1.82) is 0 Å². The Kier molecular flexibility index (Phi) is 3.64. The lowest BCUT2D eigenvalue weighted by Crippen LogP contribution is -2.27. The molecule has 2 unspecified atom stereocenters. The van der Waals surface area contributed by atoms with E-state index in [0.29, 0.717) is 12.2 Å². The van der Waals surface area contributed by atoms with Crippen molar-refractivity contribution >= 4 is 0 Å². The Bertz CT molecular complexity index is 420. The van der Waals surface area contributed by atoms with E-state index < -0.39 is 12.1 Å². The molecule has 0 radical (unpaired) electrons. The number of halogens is 3. The van der Waals surface area contributed by atoms with Gasteiger partial charge in [0.25, 0.3) is 0 Å². The number of rotatable bonds is 2. The molecular formula is C14H15F3O. The van der Waals surface area contributed by atoms with Crippen molar-refractivity contribution in [2.45, 2.75) is 32.0 Å². The zero-order valence-electron chi connectivity index (χ0n) is 10.1. The van der Waals surface area contributed by atoms with Crippen molar-refractivity contribution in [3.8, 4) is 5.75 Å². The van der Waals surface area contributed by atoms with Crippen LogP contribution in [-0.2, 0) is 0 Å². The summed E-state index contributed by atoms with van der Waals surface area (Å²) in [6, 6.07) is 7.50. The maximum Gasteiger partial charge on any atom is 0.395 e. The Hall–Kier alpha value is -1.45. The lowest BCUT2D eigenvalue weighted by molar-refractivity contribution is -0.164. The maximum atomic E-state index is 12.4. The lowest BCUT2D eigenvalue weighted by atomic mass is 9.94. The van der Waals surface area contributed by atoms with Crippen LogP contribution in [0.1, 0.15) is 18.4 Å². The van der Waals surface area contributed by atoms with Gasteiger partial charge in [0, 0.05) is 0 Å². The van der Waals surface area contributed by atoms with Crippen LogP contribution in [0.2, 0.25) is 0 Å². The molecule has 0 saturated heterocycles. The van der Waals surface area contributed by atoms with Gasteiger partial charge in [0.05, 0.1) is 5.92 Å². The SMILES string of the molecule is Cc1ccc(OC2C=CC(C(F)(F)F)CC2)cc1. The van der Waals surface area contributed by atoms with Crippen molar-refractivity contribution in [2.75, 3.05) is 0 Å². The number of allylic oxidation sites excluding steroid dienone is 1. The Morgan fingerprint density at radius 3 is 2.22 bits per heavy atom. The standard InChI is InChI=1S/C14H15F3O/c1-10-2-6-12(7-3-10)18-13-8-4-11(5-9-13)14(15,16)17/h2-4,6-8,11,13H,5,9H2,1H3. The fourth-order valence-corrected chi connectivity index (χ4v) is 1.96. The molecule has 2 rings (SSSR count). The molecular weight excluding hydrogens is 241 g/mol. The van der Waals surface area contributed by atoms with Crippen LogP contribution in [0.5, 0.6) is 5.75 Å². The molecule has 0 amide bonds. The van der Waals surface area contributed by atoms with Crippen molar-refractivity contribution in [3.63, 3.8) is 0 Å². The topological polar surface area (TPSA) is 9.23 Å². The van der Waals surface area contributed by atoms with Gasteiger partial charge in [0.1, 0.15) is 11.9 Å². The number of alkyl halides is 3. The van der Waals surface area contributed by atoms with Crippen LogP contribution in [0, 0.1) is 12.8 Å². The third-order valence-electron chi connectivity index (χ3n) is 3.05.